The van der Waals surface area contributed by atoms with Gasteiger partial charge in [0, 0.05) is 24.1 Å². The monoisotopic (exact) mass is 265 g/mol. The molecule has 0 atom stereocenters. The van der Waals surface area contributed by atoms with Crippen LogP contribution in [0.2, 0.25) is 0 Å². The van der Waals surface area contributed by atoms with Crippen molar-refractivity contribution < 1.29 is 14.3 Å². The molecule has 0 aliphatic rings. The second-order valence-electron chi connectivity index (χ2n) is 4.57. The predicted molar refractivity (Wildman–Crippen MR) is 75.9 cm³/mol. The van der Waals surface area contributed by atoms with E-state index in [0.29, 0.717) is 6.42 Å². The Morgan fingerprint density at radius 3 is 2.58 bits per heavy atom. The van der Waals surface area contributed by atoms with Crippen LogP contribution in [0.25, 0.3) is 0 Å². The Balaban J connectivity index is 2.58. The van der Waals surface area contributed by atoms with Crippen molar-refractivity contribution in [3.05, 3.63) is 23.3 Å². The summed E-state index contributed by atoms with van der Waals surface area (Å²) in [5.41, 5.74) is 2.11. The topological polar surface area (TPSA) is 47.6 Å². The molecule has 1 rings (SSSR count). The Morgan fingerprint density at radius 1 is 1.26 bits per heavy atom. The Labute approximate surface area is 115 Å². The molecular weight excluding hydrogens is 242 g/mol. The summed E-state index contributed by atoms with van der Waals surface area (Å²) in [7, 11) is 3.32. The molecule has 4 heteroatoms. The molecule has 0 aliphatic heterocycles. The molecule has 0 spiro atoms. The largest absolute Gasteiger partial charge is 0.496 e. The van der Waals surface area contributed by atoms with Gasteiger partial charge in [-0.05, 0) is 32.9 Å². The molecule has 0 fully saturated rings. The van der Waals surface area contributed by atoms with Gasteiger partial charge in [-0.2, -0.15) is 0 Å². The average molecular weight is 265 g/mol. The Morgan fingerprint density at radius 2 is 2.00 bits per heavy atom. The van der Waals surface area contributed by atoms with Gasteiger partial charge >= 0.3 is 0 Å². The van der Waals surface area contributed by atoms with Crippen LogP contribution in [-0.4, -0.2) is 26.5 Å². The van der Waals surface area contributed by atoms with Gasteiger partial charge in [0.2, 0.25) is 0 Å². The predicted octanol–water partition coefficient (Wildman–Crippen LogP) is 2.47. The van der Waals surface area contributed by atoms with Crippen LogP contribution in [0.5, 0.6) is 11.5 Å². The fraction of sp³-hybridized carbons (Fsp3) is 0.533. The van der Waals surface area contributed by atoms with E-state index in [1.54, 1.807) is 21.1 Å². The molecular formula is C15H23NO3. The van der Waals surface area contributed by atoms with Crippen molar-refractivity contribution in [2.45, 2.75) is 33.2 Å². The van der Waals surface area contributed by atoms with Crippen molar-refractivity contribution in [1.82, 2.24) is 5.32 Å². The zero-order valence-corrected chi connectivity index (χ0v) is 12.2. The number of benzene rings is 1. The molecule has 1 aromatic rings. The van der Waals surface area contributed by atoms with Gasteiger partial charge in [-0.3, -0.25) is 0 Å². The van der Waals surface area contributed by atoms with Crippen LogP contribution in [0.3, 0.4) is 0 Å². The Kier molecular flexibility index (Phi) is 6.36. The van der Waals surface area contributed by atoms with Crippen molar-refractivity contribution in [3.8, 4) is 11.5 Å². The highest BCUT2D eigenvalue weighted by Crippen LogP contribution is 2.31. The lowest BCUT2D eigenvalue weighted by Crippen LogP contribution is -2.16. The number of ether oxygens (including phenoxy) is 2. The SMILES string of the molecule is COc1ccc(CNCCCC(C)=O)c(OC)c1C. The first-order valence-corrected chi connectivity index (χ1v) is 6.50. The number of ketones is 1. The van der Waals surface area contributed by atoms with Crippen molar-refractivity contribution >= 4 is 5.78 Å². The number of carbonyl (C=O) groups excluding carboxylic acids is 1. The number of hydrogen-bond acceptors (Lipinski definition) is 4. The van der Waals surface area contributed by atoms with Gasteiger partial charge in [-0.15, -0.1) is 0 Å². The van der Waals surface area contributed by atoms with E-state index in [4.69, 9.17) is 9.47 Å². The quantitative estimate of drug-likeness (QED) is 0.734. The van der Waals surface area contributed by atoms with Crippen LogP contribution in [0.1, 0.15) is 30.9 Å². The smallest absolute Gasteiger partial charge is 0.129 e. The lowest BCUT2D eigenvalue weighted by atomic mass is 10.1. The van der Waals surface area contributed by atoms with Crippen LogP contribution >= 0.6 is 0 Å². The Bertz CT molecular complexity index is 430. The van der Waals surface area contributed by atoms with Crippen LogP contribution in [0, 0.1) is 6.92 Å². The number of methoxy groups -OCH3 is 2. The summed E-state index contributed by atoms with van der Waals surface area (Å²) < 4.78 is 10.7. The van der Waals surface area contributed by atoms with E-state index < -0.39 is 0 Å². The summed E-state index contributed by atoms with van der Waals surface area (Å²) in [5.74, 6) is 1.93. The molecule has 4 nitrogen and oxygen atoms in total. The maximum Gasteiger partial charge on any atom is 0.129 e. The second-order valence-corrected chi connectivity index (χ2v) is 4.57. The number of hydrogen-bond donors (Lipinski definition) is 1. The third-order valence-corrected chi connectivity index (χ3v) is 3.06. The van der Waals surface area contributed by atoms with Crippen LogP contribution in [-0.2, 0) is 11.3 Å². The third-order valence-electron chi connectivity index (χ3n) is 3.06. The molecule has 0 radical (unpaired) electrons. The molecule has 0 amide bonds. The van der Waals surface area contributed by atoms with E-state index in [0.717, 1.165) is 42.1 Å². The first-order chi connectivity index (χ1) is 9.10. The minimum absolute atomic E-state index is 0.236. The fourth-order valence-electron chi connectivity index (χ4n) is 2.06. The van der Waals surface area contributed by atoms with Gasteiger partial charge in [0.05, 0.1) is 14.2 Å². The van der Waals surface area contributed by atoms with Crippen molar-refractivity contribution in [2.24, 2.45) is 0 Å². The summed E-state index contributed by atoms with van der Waals surface area (Å²) >= 11 is 0. The Hall–Kier alpha value is -1.55. The van der Waals surface area contributed by atoms with Gasteiger partial charge in [0.15, 0.2) is 0 Å². The summed E-state index contributed by atoms with van der Waals surface area (Å²) in [6.07, 6.45) is 1.50. The highest BCUT2D eigenvalue weighted by molar-refractivity contribution is 5.75. The highest BCUT2D eigenvalue weighted by atomic mass is 16.5. The molecule has 0 heterocycles. The maximum absolute atomic E-state index is 10.8. The second kappa shape index (κ2) is 7.79. The van der Waals surface area contributed by atoms with Crippen LogP contribution in [0.4, 0.5) is 0 Å². The molecule has 106 valence electrons. The van der Waals surface area contributed by atoms with Gasteiger partial charge in [0.1, 0.15) is 17.3 Å². The molecule has 19 heavy (non-hydrogen) atoms. The summed E-state index contributed by atoms with van der Waals surface area (Å²) in [4.78, 5) is 10.8. The molecule has 0 bridgehead atoms. The molecule has 0 unspecified atom stereocenters. The van der Waals surface area contributed by atoms with Gasteiger partial charge < -0.3 is 19.6 Å². The third kappa shape index (κ3) is 4.56. The number of rotatable bonds is 8. The van der Waals surface area contributed by atoms with Gasteiger partial charge in [-0.1, -0.05) is 6.07 Å². The van der Waals surface area contributed by atoms with Crippen molar-refractivity contribution in [2.75, 3.05) is 20.8 Å². The summed E-state index contributed by atoms with van der Waals surface area (Å²) in [6, 6.07) is 3.95. The number of Topliss-reactive ketones (excluding diaryl/α,β-unsaturated/α-hetero) is 1. The van der Waals surface area contributed by atoms with Crippen molar-refractivity contribution in [3.63, 3.8) is 0 Å². The van der Waals surface area contributed by atoms with E-state index in [9.17, 15) is 4.79 Å². The van der Waals surface area contributed by atoms with E-state index in [1.165, 1.54) is 0 Å². The van der Waals surface area contributed by atoms with Crippen molar-refractivity contribution in [1.29, 1.82) is 0 Å². The van der Waals surface area contributed by atoms with E-state index in [-0.39, 0.29) is 5.78 Å². The van der Waals surface area contributed by atoms with Gasteiger partial charge in [0.25, 0.3) is 0 Å². The van der Waals surface area contributed by atoms with Gasteiger partial charge in [-0.25, -0.2) is 0 Å². The van der Waals surface area contributed by atoms with E-state index >= 15 is 0 Å². The maximum atomic E-state index is 10.8. The van der Waals surface area contributed by atoms with E-state index in [2.05, 4.69) is 5.32 Å². The zero-order chi connectivity index (χ0) is 14.3. The highest BCUT2D eigenvalue weighted by Gasteiger charge is 2.10. The molecule has 0 aliphatic carbocycles. The minimum atomic E-state index is 0.236. The number of carbonyl (C=O) groups is 1. The first-order valence-electron chi connectivity index (χ1n) is 6.50. The summed E-state index contributed by atoms with van der Waals surface area (Å²) in [5, 5.41) is 3.32. The summed E-state index contributed by atoms with van der Waals surface area (Å²) in [6.45, 7) is 5.16. The lowest BCUT2D eigenvalue weighted by Gasteiger charge is -2.14. The molecule has 1 aromatic carbocycles. The normalized spacial score (nSPS) is 10.3. The number of nitrogens with one attached hydrogen (secondary N) is 1. The zero-order valence-electron chi connectivity index (χ0n) is 12.2. The van der Waals surface area contributed by atoms with Crippen LogP contribution in [0.15, 0.2) is 12.1 Å². The molecule has 0 saturated carbocycles. The fourth-order valence-corrected chi connectivity index (χ4v) is 2.06. The standard InChI is InChI=1S/C15H23NO3/c1-11(17)6-5-9-16-10-13-7-8-14(18-3)12(2)15(13)19-4/h7-8,16H,5-6,9-10H2,1-4H3. The minimum Gasteiger partial charge on any atom is -0.496 e. The molecule has 0 saturated heterocycles. The molecule has 0 aromatic heterocycles. The lowest BCUT2D eigenvalue weighted by molar-refractivity contribution is -0.117. The first kappa shape index (κ1) is 15.5. The van der Waals surface area contributed by atoms with E-state index in [1.807, 2.05) is 19.1 Å². The average Bonchev–Trinajstić information content (AvgIpc) is 2.38. The van der Waals surface area contributed by atoms with Crippen LogP contribution < -0.4 is 14.8 Å². The molecule has 1 N–H and O–H groups in total.